The number of hydrogen-bond donors (Lipinski definition) is 3. The van der Waals surface area contributed by atoms with E-state index in [0.717, 1.165) is 31.0 Å². The smallest absolute Gasteiger partial charge is 0.226 e. The highest BCUT2D eigenvalue weighted by Gasteiger charge is 2.18. The van der Waals surface area contributed by atoms with Crippen LogP contribution >= 0.6 is 0 Å². The number of ether oxygens (including phenoxy) is 1. The van der Waals surface area contributed by atoms with Gasteiger partial charge >= 0.3 is 0 Å². The van der Waals surface area contributed by atoms with Crippen LogP contribution in [0.15, 0.2) is 6.33 Å². The maximum Gasteiger partial charge on any atom is 0.226 e. The Bertz CT molecular complexity index is 584. The van der Waals surface area contributed by atoms with Crippen LogP contribution < -0.4 is 10.6 Å². The van der Waals surface area contributed by atoms with Crippen LogP contribution in [0.5, 0.6) is 0 Å². The second-order valence-electron chi connectivity index (χ2n) is 4.88. The fourth-order valence-electron chi connectivity index (χ4n) is 2.27. The van der Waals surface area contributed by atoms with Crippen molar-refractivity contribution in [1.29, 1.82) is 0 Å². The van der Waals surface area contributed by atoms with Crippen LogP contribution in [0.1, 0.15) is 0 Å². The lowest BCUT2D eigenvalue weighted by Crippen LogP contribution is -2.43. The summed E-state index contributed by atoms with van der Waals surface area (Å²) >= 11 is 0. The van der Waals surface area contributed by atoms with Crippen LogP contribution in [0.25, 0.3) is 11.2 Å². The molecule has 1 aliphatic rings. The van der Waals surface area contributed by atoms with Crippen molar-refractivity contribution in [1.82, 2.24) is 24.8 Å². The third kappa shape index (κ3) is 2.66. The summed E-state index contributed by atoms with van der Waals surface area (Å²) in [7, 11) is 3.89. The quantitative estimate of drug-likeness (QED) is 0.732. The predicted octanol–water partition coefficient (Wildman–Crippen LogP) is 0.137. The molecule has 0 aromatic carbocycles. The zero-order chi connectivity index (χ0) is 13.9. The molecule has 0 spiro atoms. The lowest BCUT2D eigenvalue weighted by molar-refractivity contribution is -0.0117. The number of hydrogen-bond acceptors (Lipinski definition) is 7. The number of aromatic amines is 1. The molecule has 1 aliphatic heterocycles. The van der Waals surface area contributed by atoms with E-state index in [2.05, 4.69) is 42.5 Å². The molecule has 0 saturated carbocycles. The summed E-state index contributed by atoms with van der Waals surface area (Å²) < 4.78 is 5.73. The molecular weight excluding hydrogens is 258 g/mol. The van der Waals surface area contributed by atoms with Gasteiger partial charge in [-0.2, -0.15) is 9.97 Å². The molecule has 1 unspecified atom stereocenters. The van der Waals surface area contributed by atoms with E-state index in [1.807, 2.05) is 0 Å². The molecular formula is C12H19N7O. The molecule has 0 radical (unpaired) electrons. The zero-order valence-electron chi connectivity index (χ0n) is 11.7. The molecule has 0 aliphatic carbocycles. The van der Waals surface area contributed by atoms with Gasteiger partial charge in [0.15, 0.2) is 11.5 Å². The van der Waals surface area contributed by atoms with Gasteiger partial charge in [-0.15, -0.1) is 0 Å². The van der Waals surface area contributed by atoms with Crippen molar-refractivity contribution in [2.75, 3.05) is 51.0 Å². The Labute approximate surface area is 117 Å². The van der Waals surface area contributed by atoms with Gasteiger partial charge in [0.05, 0.1) is 19.0 Å². The second-order valence-corrected chi connectivity index (χ2v) is 4.88. The largest absolute Gasteiger partial charge is 0.374 e. The fourth-order valence-corrected chi connectivity index (χ4v) is 2.27. The summed E-state index contributed by atoms with van der Waals surface area (Å²) in [5.74, 6) is 1.29. The van der Waals surface area contributed by atoms with Gasteiger partial charge in [0.25, 0.3) is 0 Å². The Hall–Kier alpha value is -1.93. The monoisotopic (exact) mass is 277 g/mol. The van der Waals surface area contributed by atoms with Crippen LogP contribution in [0.4, 0.5) is 11.8 Å². The van der Waals surface area contributed by atoms with E-state index in [1.165, 1.54) is 0 Å². The number of morpholine rings is 1. The van der Waals surface area contributed by atoms with Crippen molar-refractivity contribution in [2.24, 2.45) is 0 Å². The molecule has 8 heteroatoms. The number of aromatic nitrogens is 4. The Balaban J connectivity index is 1.74. The standard InChI is InChI=1S/C12H19N7O/c1-13-12-17-10(9-11(18-12)16-7-15-9)14-5-8-6-19(2)3-4-20-8/h7-8H,3-6H2,1-2H3,(H3,13,14,15,16,17,18). The van der Waals surface area contributed by atoms with Gasteiger partial charge in [0, 0.05) is 26.7 Å². The highest BCUT2D eigenvalue weighted by molar-refractivity contribution is 5.83. The van der Waals surface area contributed by atoms with Gasteiger partial charge in [0.1, 0.15) is 5.52 Å². The Kier molecular flexibility index (Phi) is 3.66. The summed E-state index contributed by atoms with van der Waals surface area (Å²) in [4.78, 5) is 18.2. The molecule has 1 saturated heterocycles. The van der Waals surface area contributed by atoms with Gasteiger partial charge in [-0.3, -0.25) is 0 Å². The molecule has 0 amide bonds. The van der Waals surface area contributed by atoms with Crippen LogP contribution in [0, 0.1) is 0 Å². The van der Waals surface area contributed by atoms with Gasteiger partial charge in [-0.05, 0) is 7.05 Å². The number of H-pyrrole nitrogens is 1. The minimum Gasteiger partial charge on any atom is -0.374 e. The van der Waals surface area contributed by atoms with Crippen LogP contribution in [-0.2, 0) is 4.74 Å². The van der Waals surface area contributed by atoms with Gasteiger partial charge in [0.2, 0.25) is 5.95 Å². The van der Waals surface area contributed by atoms with E-state index >= 15 is 0 Å². The topological polar surface area (TPSA) is 91.0 Å². The van der Waals surface area contributed by atoms with Crippen molar-refractivity contribution in [3.05, 3.63) is 6.33 Å². The highest BCUT2D eigenvalue weighted by Crippen LogP contribution is 2.18. The number of nitrogens with zero attached hydrogens (tertiary/aromatic N) is 4. The number of anilines is 2. The summed E-state index contributed by atoms with van der Waals surface area (Å²) in [5.41, 5.74) is 1.46. The number of likely N-dealkylation sites (N-methyl/N-ethyl adjacent to an activating group) is 1. The molecule has 3 rings (SSSR count). The minimum atomic E-state index is 0.166. The first-order chi connectivity index (χ1) is 9.76. The average Bonchev–Trinajstić information content (AvgIpc) is 2.93. The van der Waals surface area contributed by atoms with Gasteiger partial charge in [-0.25, -0.2) is 4.98 Å². The van der Waals surface area contributed by atoms with Crippen LogP contribution in [-0.4, -0.2) is 71.3 Å². The SMILES string of the molecule is CNc1nc(NCC2CN(C)CCO2)c2[nH]cnc2n1. The molecule has 1 fully saturated rings. The first-order valence-corrected chi connectivity index (χ1v) is 6.69. The number of rotatable bonds is 4. The molecule has 3 N–H and O–H groups in total. The summed E-state index contributed by atoms with van der Waals surface area (Å²) in [6.07, 6.45) is 1.79. The van der Waals surface area contributed by atoms with E-state index in [-0.39, 0.29) is 6.10 Å². The summed E-state index contributed by atoms with van der Waals surface area (Å²) in [6, 6.07) is 0. The number of nitrogens with one attached hydrogen (secondary N) is 3. The number of imidazole rings is 1. The lowest BCUT2D eigenvalue weighted by atomic mass is 10.3. The van der Waals surface area contributed by atoms with E-state index in [0.29, 0.717) is 18.1 Å². The van der Waals surface area contributed by atoms with E-state index in [9.17, 15) is 0 Å². The second kappa shape index (κ2) is 5.59. The van der Waals surface area contributed by atoms with Crippen molar-refractivity contribution in [2.45, 2.75) is 6.10 Å². The van der Waals surface area contributed by atoms with Crippen LogP contribution in [0.2, 0.25) is 0 Å². The van der Waals surface area contributed by atoms with Gasteiger partial charge in [-0.1, -0.05) is 0 Å². The fraction of sp³-hybridized carbons (Fsp3) is 0.583. The van der Waals surface area contributed by atoms with Crippen molar-refractivity contribution in [3.63, 3.8) is 0 Å². The zero-order valence-corrected chi connectivity index (χ0v) is 11.7. The average molecular weight is 277 g/mol. The van der Waals surface area contributed by atoms with Crippen LogP contribution in [0.3, 0.4) is 0 Å². The Morgan fingerprint density at radius 3 is 3.20 bits per heavy atom. The van der Waals surface area contributed by atoms with Crippen molar-refractivity contribution in [3.8, 4) is 0 Å². The minimum absolute atomic E-state index is 0.166. The molecule has 1 atom stereocenters. The molecule has 108 valence electrons. The Morgan fingerprint density at radius 1 is 1.50 bits per heavy atom. The Morgan fingerprint density at radius 2 is 2.40 bits per heavy atom. The van der Waals surface area contributed by atoms with E-state index in [4.69, 9.17) is 4.74 Å². The third-order valence-corrected chi connectivity index (χ3v) is 3.35. The number of fused-ring (bicyclic) bond motifs is 1. The molecule has 2 aromatic rings. The predicted molar refractivity (Wildman–Crippen MR) is 77.0 cm³/mol. The highest BCUT2D eigenvalue weighted by atomic mass is 16.5. The lowest BCUT2D eigenvalue weighted by Gasteiger charge is -2.30. The molecule has 8 nitrogen and oxygen atoms in total. The maximum atomic E-state index is 5.73. The summed E-state index contributed by atoms with van der Waals surface area (Å²) in [6.45, 7) is 3.38. The third-order valence-electron chi connectivity index (χ3n) is 3.35. The molecule has 2 aromatic heterocycles. The molecule has 3 heterocycles. The first kappa shape index (κ1) is 13.1. The maximum absolute atomic E-state index is 5.73. The molecule has 20 heavy (non-hydrogen) atoms. The van der Waals surface area contributed by atoms with E-state index in [1.54, 1.807) is 13.4 Å². The molecule has 0 bridgehead atoms. The van der Waals surface area contributed by atoms with E-state index < -0.39 is 0 Å². The normalized spacial score (nSPS) is 20.2. The van der Waals surface area contributed by atoms with Crippen molar-refractivity contribution >= 4 is 22.9 Å². The van der Waals surface area contributed by atoms with Gasteiger partial charge < -0.3 is 25.3 Å². The first-order valence-electron chi connectivity index (χ1n) is 6.69. The van der Waals surface area contributed by atoms with Crippen molar-refractivity contribution < 1.29 is 4.74 Å². The summed E-state index contributed by atoms with van der Waals surface area (Å²) in [5, 5.41) is 6.26.